The summed E-state index contributed by atoms with van der Waals surface area (Å²) >= 11 is 5.37. The number of anilines is 3. The van der Waals surface area contributed by atoms with E-state index >= 15 is 0 Å². The Morgan fingerprint density at radius 3 is 2.73 bits per heavy atom. The number of piperidine rings is 1. The Labute approximate surface area is 161 Å². The topological polar surface area (TPSA) is 65.6 Å². The van der Waals surface area contributed by atoms with Crippen LogP contribution in [0.2, 0.25) is 0 Å². The van der Waals surface area contributed by atoms with Crippen LogP contribution in [-0.2, 0) is 4.74 Å². The molecule has 2 aliphatic heterocycles. The minimum atomic E-state index is 0.495. The van der Waals surface area contributed by atoms with Gasteiger partial charge in [0.15, 0.2) is 5.11 Å². The van der Waals surface area contributed by atoms with Crippen molar-refractivity contribution >= 4 is 34.9 Å². The quantitative estimate of drug-likeness (QED) is 0.757. The van der Waals surface area contributed by atoms with Crippen molar-refractivity contribution in [3.63, 3.8) is 0 Å². The Bertz CT molecular complexity index is 607. The SMILES string of the molecule is CCCNC(=S)Nc1nc(N2CCOCC2)cc(N2CCCC[C@H]2C)n1. The van der Waals surface area contributed by atoms with Gasteiger partial charge in [0.25, 0.3) is 0 Å². The molecule has 0 spiro atoms. The summed E-state index contributed by atoms with van der Waals surface area (Å²) in [5.74, 6) is 2.49. The molecule has 3 heterocycles. The van der Waals surface area contributed by atoms with E-state index in [0.29, 0.717) is 17.1 Å². The van der Waals surface area contributed by atoms with Crippen molar-refractivity contribution in [2.75, 3.05) is 54.5 Å². The molecule has 2 fully saturated rings. The van der Waals surface area contributed by atoms with Crippen molar-refractivity contribution in [1.29, 1.82) is 0 Å². The second kappa shape index (κ2) is 9.32. The van der Waals surface area contributed by atoms with Gasteiger partial charge in [-0.05, 0) is 44.8 Å². The van der Waals surface area contributed by atoms with Crippen LogP contribution in [0.25, 0.3) is 0 Å². The largest absolute Gasteiger partial charge is 0.378 e. The first-order chi connectivity index (χ1) is 12.7. The lowest BCUT2D eigenvalue weighted by Gasteiger charge is -2.35. The third-order valence-corrected chi connectivity index (χ3v) is 5.14. The highest BCUT2D eigenvalue weighted by molar-refractivity contribution is 7.80. The molecule has 0 saturated carbocycles. The normalized spacial score (nSPS) is 20.8. The van der Waals surface area contributed by atoms with E-state index in [2.05, 4.69) is 40.3 Å². The Hall–Kier alpha value is -1.67. The number of aromatic nitrogens is 2. The van der Waals surface area contributed by atoms with Gasteiger partial charge in [0, 0.05) is 38.3 Å². The third kappa shape index (κ3) is 4.94. The average Bonchev–Trinajstić information content (AvgIpc) is 2.67. The van der Waals surface area contributed by atoms with E-state index in [1.54, 1.807) is 0 Å². The molecule has 0 amide bonds. The predicted octanol–water partition coefficient (Wildman–Crippen LogP) is 2.39. The molecular weight excluding hydrogens is 348 g/mol. The number of nitrogens with zero attached hydrogens (tertiary/aromatic N) is 4. The van der Waals surface area contributed by atoms with Gasteiger partial charge in [-0.25, -0.2) is 0 Å². The van der Waals surface area contributed by atoms with E-state index in [-0.39, 0.29) is 0 Å². The first-order valence-electron chi connectivity index (χ1n) is 9.70. The number of rotatable bonds is 5. The van der Waals surface area contributed by atoms with E-state index in [4.69, 9.17) is 26.9 Å². The lowest BCUT2D eigenvalue weighted by atomic mass is 10.0. The minimum absolute atomic E-state index is 0.495. The van der Waals surface area contributed by atoms with Gasteiger partial charge in [0.1, 0.15) is 11.6 Å². The van der Waals surface area contributed by atoms with Gasteiger partial charge < -0.3 is 25.2 Å². The first-order valence-corrected chi connectivity index (χ1v) is 10.1. The molecule has 0 bridgehead atoms. The summed E-state index contributed by atoms with van der Waals surface area (Å²) in [4.78, 5) is 14.1. The fourth-order valence-corrected chi connectivity index (χ4v) is 3.60. The third-order valence-electron chi connectivity index (χ3n) is 4.89. The predicted molar refractivity (Wildman–Crippen MR) is 110 cm³/mol. The molecule has 8 heteroatoms. The first kappa shape index (κ1) is 19.1. The number of morpholine rings is 1. The van der Waals surface area contributed by atoms with Gasteiger partial charge in [-0.1, -0.05) is 6.92 Å². The number of thiocarbonyl (C=S) groups is 1. The van der Waals surface area contributed by atoms with Crippen LogP contribution in [0.5, 0.6) is 0 Å². The Balaban J connectivity index is 1.84. The number of hydrogen-bond acceptors (Lipinski definition) is 6. The zero-order chi connectivity index (χ0) is 18.4. The zero-order valence-corrected chi connectivity index (χ0v) is 16.6. The van der Waals surface area contributed by atoms with Crippen LogP contribution >= 0.6 is 12.2 Å². The van der Waals surface area contributed by atoms with Crippen LogP contribution in [0.3, 0.4) is 0 Å². The van der Waals surface area contributed by atoms with E-state index in [1.165, 1.54) is 19.3 Å². The molecule has 3 rings (SSSR count). The van der Waals surface area contributed by atoms with Crippen molar-refractivity contribution in [3.05, 3.63) is 6.07 Å². The van der Waals surface area contributed by atoms with E-state index in [1.807, 2.05) is 0 Å². The summed E-state index contributed by atoms with van der Waals surface area (Å²) in [6, 6.07) is 2.61. The van der Waals surface area contributed by atoms with Crippen molar-refractivity contribution in [3.8, 4) is 0 Å². The summed E-state index contributed by atoms with van der Waals surface area (Å²) in [7, 11) is 0. The van der Waals surface area contributed by atoms with Crippen molar-refractivity contribution in [1.82, 2.24) is 15.3 Å². The monoisotopic (exact) mass is 378 g/mol. The highest BCUT2D eigenvalue weighted by atomic mass is 32.1. The minimum Gasteiger partial charge on any atom is -0.378 e. The molecule has 2 saturated heterocycles. The lowest BCUT2D eigenvalue weighted by Crippen LogP contribution is -2.40. The van der Waals surface area contributed by atoms with Crippen LogP contribution in [-0.4, -0.2) is 60.5 Å². The molecule has 7 nitrogen and oxygen atoms in total. The number of nitrogens with one attached hydrogen (secondary N) is 2. The number of hydrogen-bond donors (Lipinski definition) is 2. The molecule has 144 valence electrons. The fourth-order valence-electron chi connectivity index (χ4n) is 3.40. The average molecular weight is 379 g/mol. The maximum Gasteiger partial charge on any atom is 0.232 e. The fraction of sp³-hybridized carbons (Fsp3) is 0.722. The molecule has 1 atom stereocenters. The van der Waals surface area contributed by atoms with Gasteiger partial charge in [-0.15, -0.1) is 0 Å². The van der Waals surface area contributed by atoms with Gasteiger partial charge in [-0.3, -0.25) is 0 Å². The van der Waals surface area contributed by atoms with Crippen molar-refractivity contribution < 1.29 is 4.74 Å². The molecule has 0 radical (unpaired) electrons. The standard InChI is InChI=1S/C18H30N6OS/c1-3-7-19-18(26)22-17-20-15(23-9-11-25-12-10-23)13-16(21-17)24-8-5-4-6-14(24)2/h13-14H,3-12H2,1-2H3,(H2,19,20,21,22,26)/t14-/m1/s1. The van der Waals surface area contributed by atoms with Crippen molar-refractivity contribution in [2.24, 2.45) is 0 Å². The van der Waals surface area contributed by atoms with Crippen LogP contribution < -0.4 is 20.4 Å². The van der Waals surface area contributed by atoms with Crippen LogP contribution in [0.4, 0.5) is 17.6 Å². The van der Waals surface area contributed by atoms with E-state index in [0.717, 1.165) is 57.4 Å². The Morgan fingerprint density at radius 1 is 1.23 bits per heavy atom. The summed E-state index contributed by atoms with van der Waals surface area (Å²) in [6.45, 7) is 9.44. The smallest absolute Gasteiger partial charge is 0.232 e. The van der Waals surface area contributed by atoms with Gasteiger partial charge in [0.2, 0.25) is 5.95 Å². The molecule has 0 unspecified atom stereocenters. The van der Waals surface area contributed by atoms with Crippen LogP contribution in [0.15, 0.2) is 6.07 Å². The van der Waals surface area contributed by atoms with E-state index < -0.39 is 0 Å². The molecule has 0 aliphatic carbocycles. The molecule has 26 heavy (non-hydrogen) atoms. The van der Waals surface area contributed by atoms with Crippen molar-refractivity contribution in [2.45, 2.75) is 45.6 Å². The van der Waals surface area contributed by atoms with Crippen LogP contribution in [0, 0.1) is 0 Å². The maximum absolute atomic E-state index is 5.48. The molecule has 0 aromatic carbocycles. The van der Waals surface area contributed by atoms with Gasteiger partial charge in [-0.2, -0.15) is 9.97 Å². The van der Waals surface area contributed by atoms with Crippen LogP contribution in [0.1, 0.15) is 39.5 Å². The molecule has 1 aromatic rings. The number of ether oxygens (including phenoxy) is 1. The molecule has 2 aliphatic rings. The molecule has 1 aromatic heterocycles. The Kier molecular flexibility index (Phi) is 6.85. The van der Waals surface area contributed by atoms with Gasteiger partial charge >= 0.3 is 0 Å². The highest BCUT2D eigenvalue weighted by Crippen LogP contribution is 2.27. The summed E-state index contributed by atoms with van der Waals surface area (Å²) in [5, 5.41) is 6.92. The Morgan fingerprint density at radius 2 is 2.00 bits per heavy atom. The summed E-state index contributed by atoms with van der Waals surface area (Å²) < 4.78 is 5.48. The summed E-state index contributed by atoms with van der Waals surface area (Å²) in [6.07, 6.45) is 4.72. The second-order valence-corrected chi connectivity index (χ2v) is 7.33. The molecule has 2 N–H and O–H groups in total. The lowest BCUT2D eigenvalue weighted by molar-refractivity contribution is 0.122. The zero-order valence-electron chi connectivity index (χ0n) is 15.8. The highest BCUT2D eigenvalue weighted by Gasteiger charge is 2.23. The van der Waals surface area contributed by atoms with Gasteiger partial charge in [0.05, 0.1) is 13.2 Å². The molecular formula is C18H30N6OS. The van der Waals surface area contributed by atoms with E-state index in [9.17, 15) is 0 Å². The maximum atomic E-state index is 5.48. The second-order valence-electron chi connectivity index (χ2n) is 6.93. The summed E-state index contributed by atoms with van der Waals surface area (Å²) in [5.41, 5.74) is 0.